The minimum absolute atomic E-state index is 0.247. The molecule has 0 aliphatic heterocycles. The van der Waals surface area contributed by atoms with Crippen molar-refractivity contribution in [2.24, 2.45) is 5.10 Å². The van der Waals surface area contributed by atoms with Crippen molar-refractivity contribution in [3.8, 4) is 11.5 Å². The summed E-state index contributed by atoms with van der Waals surface area (Å²) in [5, 5.41) is 6.47. The Balaban J connectivity index is 1.59. The number of halogens is 1. The van der Waals surface area contributed by atoms with Crippen LogP contribution in [0.25, 0.3) is 0 Å². The fourth-order valence-electron chi connectivity index (χ4n) is 3.02. The van der Waals surface area contributed by atoms with Crippen LogP contribution in [0.4, 0.5) is 0 Å². The molecule has 35 heavy (non-hydrogen) atoms. The van der Waals surface area contributed by atoms with Crippen LogP contribution in [0.2, 0.25) is 0 Å². The van der Waals surface area contributed by atoms with Gasteiger partial charge in [-0.2, -0.15) is 5.10 Å². The van der Waals surface area contributed by atoms with Gasteiger partial charge in [0.25, 0.3) is 11.8 Å². The molecule has 3 aromatic carbocycles. The van der Waals surface area contributed by atoms with Gasteiger partial charge in [-0.05, 0) is 67.9 Å². The maximum atomic E-state index is 12.6. The molecule has 0 aliphatic rings. The summed E-state index contributed by atoms with van der Waals surface area (Å²) in [7, 11) is 0. The van der Waals surface area contributed by atoms with Crippen molar-refractivity contribution in [3.05, 3.63) is 93.5 Å². The summed E-state index contributed by atoms with van der Waals surface area (Å²) >= 11 is 3.37. The van der Waals surface area contributed by atoms with E-state index in [0.29, 0.717) is 29.0 Å². The molecule has 0 bridgehead atoms. The molecule has 0 saturated heterocycles. The SMILES string of the molecule is CCOc1ccc(C(=O)Oc2ccc(Br)cc2C=NNC(=O)CNC(=O)c2ccccc2C)cc1. The Labute approximate surface area is 211 Å². The van der Waals surface area contributed by atoms with Crippen LogP contribution in [0.15, 0.2) is 76.3 Å². The Hall–Kier alpha value is -3.98. The number of esters is 1. The lowest BCUT2D eigenvalue weighted by atomic mass is 10.1. The minimum atomic E-state index is -0.548. The second-order valence-electron chi connectivity index (χ2n) is 7.32. The second-order valence-corrected chi connectivity index (χ2v) is 8.24. The highest BCUT2D eigenvalue weighted by molar-refractivity contribution is 9.10. The number of carbonyl (C=O) groups excluding carboxylic acids is 3. The van der Waals surface area contributed by atoms with E-state index in [1.54, 1.807) is 54.6 Å². The molecular weight excluding hydrogens is 514 g/mol. The van der Waals surface area contributed by atoms with Gasteiger partial charge in [0, 0.05) is 15.6 Å². The number of aryl methyl sites for hydroxylation is 1. The Morgan fingerprint density at radius 2 is 1.77 bits per heavy atom. The van der Waals surface area contributed by atoms with E-state index in [2.05, 4.69) is 31.8 Å². The van der Waals surface area contributed by atoms with E-state index in [4.69, 9.17) is 9.47 Å². The van der Waals surface area contributed by atoms with Crippen molar-refractivity contribution >= 4 is 39.9 Å². The normalized spacial score (nSPS) is 10.6. The summed E-state index contributed by atoms with van der Waals surface area (Å²) in [6, 6.07) is 18.7. The molecule has 8 nitrogen and oxygen atoms in total. The van der Waals surface area contributed by atoms with E-state index in [-0.39, 0.29) is 18.2 Å². The van der Waals surface area contributed by atoms with Crippen molar-refractivity contribution in [1.29, 1.82) is 0 Å². The molecule has 180 valence electrons. The number of hydrogen-bond donors (Lipinski definition) is 2. The summed E-state index contributed by atoms with van der Waals surface area (Å²) in [5.74, 6) is -0.485. The molecule has 0 radical (unpaired) electrons. The van der Waals surface area contributed by atoms with Gasteiger partial charge in [0.1, 0.15) is 11.5 Å². The van der Waals surface area contributed by atoms with Crippen molar-refractivity contribution in [2.75, 3.05) is 13.2 Å². The molecule has 2 N–H and O–H groups in total. The number of amides is 2. The number of benzene rings is 3. The first kappa shape index (κ1) is 25.6. The van der Waals surface area contributed by atoms with Gasteiger partial charge in [0.05, 0.1) is 24.9 Å². The van der Waals surface area contributed by atoms with Gasteiger partial charge in [-0.15, -0.1) is 0 Å². The molecule has 0 heterocycles. The quantitative estimate of drug-likeness (QED) is 0.183. The first-order valence-electron chi connectivity index (χ1n) is 10.8. The lowest BCUT2D eigenvalue weighted by Gasteiger charge is -2.09. The van der Waals surface area contributed by atoms with Gasteiger partial charge in [-0.3, -0.25) is 9.59 Å². The summed E-state index contributed by atoms with van der Waals surface area (Å²) in [6.07, 6.45) is 1.35. The lowest BCUT2D eigenvalue weighted by Crippen LogP contribution is -2.35. The molecule has 9 heteroatoms. The van der Waals surface area contributed by atoms with Gasteiger partial charge in [-0.1, -0.05) is 34.1 Å². The number of ether oxygens (including phenoxy) is 2. The monoisotopic (exact) mass is 537 g/mol. The molecule has 0 spiro atoms. The molecule has 0 saturated carbocycles. The van der Waals surface area contributed by atoms with Crippen LogP contribution >= 0.6 is 15.9 Å². The maximum Gasteiger partial charge on any atom is 0.343 e. The summed E-state index contributed by atoms with van der Waals surface area (Å²) in [4.78, 5) is 36.9. The van der Waals surface area contributed by atoms with E-state index in [1.165, 1.54) is 6.21 Å². The summed E-state index contributed by atoms with van der Waals surface area (Å²) < 4.78 is 11.6. The lowest BCUT2D eigenvalue weighted by molar-refractivity contribution is -0.120. The smallest absolute Gasteiger partial charge is 0.343 e. The number of hydrogen-bond acceptors (Lipinski definition) is 6. The number of carbonyl (C=O) groups is 3. The Morgan fingerprint density at radius 1 is 1.03 bits per heavy atom. The predicted octanol–water partition coefficient (Wildman–Crippen LogP) is 4.26. The minimum Gasteiger partial charge on any atom is -0.494 e. The van der Waals surface area contributed by atoms with Gasteiger partial charge in [0.15, 0.2) is 0 Å². The first-order valence-corrected chi connectivity index (χ1v) is 11.6. The molecule has 0 fully saturated rings. The van der Waals surface area contributed by atoms with E-state index in [9.17, 15) is 14.4 Å². The summed E-state index contributed by atoms with van der Waals surface area (Å²) in [6.45, 7) is 3.98. The van der Waals surface area contributed by atoms with Crippen LogP contribution in [0.1, 0.15) is 38.8 Å². The fraction of sp³-hybridized carbons (Fsp3) is 0.154. The Kier molecular flexibility index (Phi) is 9.14. The molecular formula is C26H24BrN3O5. The van der Waals surface area contributed by atoms with Gasteiger partial charge < -0.3 is 14.8 Å². The van der Waals surface area contributed by atoms with E-state index in [0.717, 1.165) is 10.0 Å². The zero-order chi connectivity index (χ0) is 25.2. The third-order valence-corrected chi connectivity index (χ3v) is 5.26. The largest absolute Gasteiger partial charge is 0.494 e. The molecule has 0 atom stereocenters. The zero-order valence-corrected chi connectivity index (χ0v) is 20.8. The van der Waals surface area contributed by atoms with E-state index >= 15 is 0 Å². The highest BCUT2D eigenvalue weighted by Gasteiger charge is 2.13. The number of nitrogens with one attached hydrogen (secondary N) is 2. The third kappa shape index (κ3) is 7.51. The standard InChI is InChI=1S/C26H24BrN3O5/c1-3-34-21-11-8-18(9-12-21)26(33)35-23-13-10-20(27)14-19(23)15-29-30-24(31)16-28-25(32)22-7-5-4-6-17(22)2/h4-15H,3,16H2,1-2H3,(H,28,32)(H,30,31). The van der Waals surface area contributed by atoms with Crippen molar-refractivity contribution < 1.29 is 23.9 Å². The Morgan fingerprint density at radius 3 is 2.49 bits per heavy atom. The van der Waals surface area contributed by atoms with Crippen LogP contribution in [-0.4, -0.2) is 37.1 Å². The average molecular weight is 538 g/mol. The number of nitrogens with zero attached hydrogens (tertiary/aromatic N) is 1. The summed E-state index contributed by atoms with van der Waals surface area (Å²) in [5.41, 5.74) is 4.48. The molecule has 0 unspecified atom stereocenters. The molecule has 3 aromatic rings. The van der Waals surface area contributed by atoms with Gasteiger partial charge >= 0.3 is 5.97 Å². The predicted molar refractivity (Wildman–Crippen MR) is 136 cm³/mol. The van der Waals surface area contributed by atoms with Crippen molar-refractivity contribution in [3.63, 3.8) is 0 Å². The third-order valence-electron chi connectivity index (χ3n) is 4.77. The average Bonchev–Trinajstić information content (AvgIpc) is 2.85. The van der Waals surface area contributed by atoms with Crippen LogP contribution in [-0.2, 0) is 4.79 Å². The molecule has 0 aliphatic carbocycles. The topological polar surface area (TPSA) is 106 Å². The van der Waals surface area contributed by atoms with Crippen molar-refractivity contribution in [1.82, 2.24) is 10.7 Å². The van der Waals surface area contributed by atoms with Crippen LogP contribution in [0.5, 0.6) is 11.5 Å². The highest BCUT2D eigenvalue weighted by atomic mass is 79.9. The highest BCUT2D eigenvalue weighted by Crippen LogP contribution is 2.23. The molecule has 2 amide bonds. The molecule has 0 aromatic heterocycles. The number of rotatable bonds is 9. The maximum absolute atomic E-state index is 12.6. The fourth-order valence-corrected chi connectivity index (χ4v) is 3.40. The zero-order valence-electron chi connectivity index (χ0n) is 19.2. The first-order chi connectivity index (χ1) is 16.9. The van der Waals surface area contributed by atoms with Crippen LogP contribution in [0, 0.1) is 6.92 Å². The van der Waals surface area contributed by atoms with Crippen molar-refractivity contribution in [2.45, 2.75) is 13.8 Å². The Bertz CT molecular complexity index is 1240. The molecule has 3 rings (SSSR count). The number of hydrazone groups is 1. The van der Waals surface area contributed by atoms with Crippen LogP contribution < -0.4 is 20.2 Å². The van der Waals surface area contributed by atoms with E-state index in [1.807, 2.05) is 26.0 Å². The van der Waals surface area contributed by atoms with E-state index < -0.39 is 11.9 Å². The van der Waals surface area contributed by atoms with Gasteiger partial charge in [0.2, 0.25) is 0 Å². The van der Waals surface area contributed by atoms with Crippen LogP contribution in [0.3, 0.4) is 0 Å². The van der Waals surface area contributed by atoms with Gasteiger partial charge in [-0.25, -0.2) is 10.2 Å². The second kappa shape index (κ2) is 12.5.